The van der Waals surface area contributed by atoms with Crippen LogP contribution in [0.3, 0.4) is 0 Å². The fourth-order valence-electron chi connectivity index (χ4n) is 2.10. The van der Waals surface area contributed by atoms with Gasteiger partial charge in [-0.25, -0.2) is 0 Å². The number of halogens is 2. The molecule has 0 aliphatic carbocycles. The summed E-state index contributed by atoms with van der Waals surface area (Å²) >= 11 is 6.63. The summed E-state index contributed by atoms with van der Waals surface area (Å²) in [5.41, 5.74) is 3.23. The van der Waals surface area contributed by atoms with Crippen LogP contribution in [0.1, 0.15) is 21.5 Å². The van der Waals surface area contributed by atoms with Gasteiger partial charge >= 0.3 is 0 Å². The molecular formula is C17H15Br2NO3. The summed E-state index contributed by atoms with van der Waals surface area (Å²) in [5, 5.41) is 2.80. The third-order valence-corrected chi connectivity index (χ3v) is 4.21. The minimum atomic E-state index is -0.288. The Morgan fingerprint density at radius 1 is 1.22 bits per heavy atom. The summed E-state index contributed by atoms with van der Waals surface area (Å²) in [6.07, 6.45) is 0.687. The van der Waals surface area contributed by atoms with Gasteiger partial charge in [-0.2, -0.15) is 0 Å². The van der Waals surface area contributed by atoms with E-state index in [0.717, 1.165) is 21.3 Å². The molecular weight excluding hydrogens is 426 g/mol. The molecule has 120 valence electrons. The van der Waals surface area contributed by atoms with Gasteiger partial charge in [0.05, 0.1) is 10.0 Å². The molecule has 0 unspecified atom stereocenters. The first-order valence-corrected chi connectivity index (χ1v) is 8.43. The molecule has 0 saturated carbocycles. The molecule has 2 rings (SSSR count). The highest BCUT2D eigenvalue weighted by Gasteiger charge is 2.12. The number of nitrogens with one attached hydrogen (secondary N) is 1. The van der Waals surface area contributed by atoms with Crippen molar-refractivity contribution < 1.29 is 14.3 Å². The summed E-state index contributed by atoms with van der Waals surface area (Å²) in [4.78, 5) is 23.2. The van der Waals surface area contributed by atoms with Crippen molar-refractivity contribution in [3.05, 3.63) is 56.0 Å². The van der Waals surface area contributed by atoms with E-state index in [-0.39, 0.29) is 12.5 Å². The Kier molecular flexibility index (Phi) is 5.96. The van der Waals surface area contributed by atoms with Crippen LogP contribution in [0.25, 0.3) is 0 Å². The van der Waals surface area contributed by atoms with Crippen molar-refractivity contribution in [1.82, 2.24) is 0 Å². The van der Waals surface area contributed by atoms with Gasteiger partial charge in [0.15, 0.2) is 12.9 Å². The Morgan fingerprint density at radius 3 is 2.61 bits per heavy atom. The molecule has 0 aliphatic heterocycles. The van der Waals surface area contributed by atoms with Crippen LogP contribution in [-0.2, 0) is 4.79 Å². The third kappa shape index (κ3) is 4.65. The molecule has 0 radical (unpaired) electrons. The summed E-state index contributed by atoms with van der Waals surface area (Å²) in [7, 11) is 0. The lowest BCUT2D eigenvalue weighted by Gasteiger charge is -2.12. The highest BCUT2D eigenvalue weighted by molar-refractivity contribution is 9.11. The number of aryl methyl sites for hydroxylation is 2. The molecule has 6 heteroatoms. The maximum atomic E-state index is 12.1. The highest BCUT2D eigenvalue weighted by atomic mass is 79.9. The van der Waals surface area contributed by atoms with E-state index < -0.39 is 0 Å². The predicted octanol–water partition coefficient (Wildman–Crippen LogP) is 4.66. The number of anilines is 1. The fourth-order valence-corrected chi connectivity index (χ4v) is 3.47. The molecule has 0 fully saturated rings. The molecule has 1 amide bonds. The second kappa shape index (κ2) is 7.75. The molecule has 2 aromatic carbocycles. The Bertz CT molecular complexity index is 760. The Hall–Kier alpha value is -1.66. The van der Waals surface area contributed by atoms with Crippen molar-refractivity contribution >= 4 is 49.7 Å². The standard InChI is InChI=1S/C17H15Br2NO3/c1-10-3-4-15(11(2)5-10)20-16(22)9-23-17-12(8-21)6-13(18)7-14(17)19/h3-8H,9H2,1-2H3,(H,20,22). The predicted molar refractivity (Wildman–Crippen MR) is 97.3 cm³/mol. The minimum absolute atomic E-state index is 0.186. The molecule has 0 saturated heterocycles. The average Bonchev–Trinajstić information content (AvgIpc) is 2.48. The average molecular weight is 441 g/mol. The zero-order chi connectivity index (χ0) is 17.0. The van der Waals surface area contributed by atoms with Crippen molar-refractivity contribution in [2.75, 3.05) is 11.9 Å². The largest absolute Gasteiger partial charge is 0.482 e. The van der Waals surface area contributed by atoms with Crippen LogP contribution in [0.5, 0.6) is 5.75 Å². The van der Waals surface area contributed by atoms with Gasteiger partial charge in [0.25, 0.3) is 5.91 Å². The van der Waals surface area contributed by atoms with E-state index >= 15 is 0 Å². The summed E-state index contributed by atoms with van der Waals surface area (Å²) < 4.78 is 6.85. The van der Waals surface area contributed by atoms with Gasteiger partial charge < -0.3 is 10.1 Å². The van der Waals surface area contributed by atoms with E-state index in [9.17, 15) is 9.59 Å². The van der Waals surface area contributed by atoms with E-state index in [2.05, 4.69) is 37.2 Å². The lowest BCUT2D eigenvalue weighted by atomic mass is 10.1. The second-order valence-corrected chi connectivity index (χ2v) is 6.85. The summed E-state index contributed by atoms with van der Waals surface area (Å²) in [5.74, 6) is 0.0580. The quantitative estimate of drug-likeness (QED) is 0.688. The number of amides is 1. The van der Waals surface area contributed by atoms with Crippen LogP contribution < -0.4 is 10.1 Å². The van der Waals surface area contributed by atoms with Crippen molar-refractivity contribution in [2.45, 2.75) is 13.8 Å². The fraction of sp³-hybridized carbons (Fsp3) is 0.176. The van der Waals surface area contributed by atoms with Gasteiger partial charge in [-0.05, 0) is 53.5 Å². The maximum Gasteiger partial charge on any atom is 0.262 e. The van der Waals surface area contributed by atoms with Gasteiger partial charge in [-0.15, -0.1) is 0 Å². The zero-order valence-corrected chi connectivity index (χ0v) is 15.8. The normalized spacial score (nSPS) is 10.3. The first-order chi connectivity index (χ1) is 10.9. The van der Waals surface area contributed by atoms with Gasteiger partial charge in [0.1, 0.15) is 5.75 Å². The van der Waals surface area contributed by atoms with E-state index in [1.54, 1.807) is 12.1 Å². The molecule has 2 aromatic rings. The van der Waals surface area contributed by atoms with E-state index in [1.807, 2.05) is 32.0 Å². The monoisotopic (exact) mass is 439 g/mol. The number of rotatable bonds is 5. The Balaban J connectivity index is 2.06. The number of hydrogen-bond acceptors (Lipinski definition) is 3. The molecule has 23 heavy (non-hydrogen) atoms. The number of carbonyl (C=O) groups excluding carboxylic acids is 2. The Labute approximate surface area is 151 Å². The molecule has 0 spiro atoms. The van der Waals surface area contributed by atoms with Crippen LogP contribution in [0.15, 0.2) is 39.3 Å². The van der Waals surface area contributed by atoms with Crippen molar-refractivity contribution in [2.24, 2.45) is 0 Å². The summed E-state index contributed by atoms with van der Waals surface area (Å²) in [6.45, 7) is 3.74. The van der Waals surface area contributed by atoms with Gasteiger partial charge in [0, 0.05) is 10.2 Å². The molecule has 0 bridgehead atoms. The lowest BCUT2D eigenvalue weighted by molar-refractivity contribution is -0.118. The smallest absolute Gasteiger partial charge is 0.262 e. The van der Waals surface area contributed by atoms with Crippen LogP contribution in [-0.4, -0.2) is 18.8 Å². The van der Waals surface area contributed by atoms with E-state index in [1.165, 1.54) is 0 Å². The Morgan fingerprint density at radius 2 is 1.96 bits per heavy atom. The number of ether oxygens (including phenoxy) is 1. The van der Waals surface area contributed by atoms with Crippen LogP contribution >= 0.6 is 31.9 Å². The van der Waals surface area contributed by atoms with Gasteiger partial charge in [-0.3, -0.25) is 9.59 Å². The molecule has 0 aliphatic rings. The molecule has 0 atom stereocenters. The highest BCUT2D eigenvalue weighted by Crippen LogP contribution is 2.32. The van der Waals surface area contributed by atoms with Crippen LogP contribution in [0, 0.1) is 13.8 Å². The summed E-state index contributed by atoms with van der Waals surface area (Å²) in [6, 6.07) is 9.17. The van der Waals surface area contributed by atoms with Crippen LogP contribution in [0.4, 0.5) is 5.69 Å². The first-order valence-electron chi connectivity index (χ1n) is 6.85. The number of aldehydes is 1. The molecule has 1 N–H and O–H groups in total. The topological polar surface area (TPSA) is 55.4 Å². The van der Waals surface area contributed by atoms with Crippen molar-refractivity contribution in [3.63, 3.8) is 0 Å². The van der Waals surface area contributed by atoms with E-state index in [0.29, 0.717) is 22.1 Å². The van der Waals surface area contributed by atoms with Crippen molar-refractivity contribution in [1.29, 1.82) is 0 Å². The number of hydrogen-bond donors (Lipinski definition) is 1. The minimum Gasteiger partial charge on any atom is -0.482 e. The number of benzene rings is 2. The SMILES string of the molecule is Cc1ccc(NC(=O)COc2c(Br)cc(Br)cc2C=O)c(C)c1. The van der Waals surface area contributed by atoms with Crippen LogP contribution in [0.2, 0.25) is 0 Å². The third-order valence-electron chi connectivity index (χ3n) is 3.17. The van der Waals surface area contributed by atoms with Gasteiger partial charge in [-0.1, -0.05) is 33.6 Å². The second-order valence-electron chi connectivity index (χ2n) is 5.08. The molecule has 4 nitrogen and oxygen atoms in total. The van der Waals surface area contributed by atoms with Gasteiger partial charge in [0.2, 0.25) is 0 Å². The first kappa shape index (κ1) is 17.7. The van der Waals surface area contributed by atoms with E-state index in [4.69, 9.17) is 4.74 Å². The van der Waals surface area contributed by atoms with Crippen molar-refractivity contribution in [3.8, 4) is 5.75 Å². The zero-order valence-electron chi connectivity index (χ0n) is 12.7. The lowest BCUT2D eigenvalue weighted by Crippen LogP contribution is -2.21. The maximum absolute atomic E-state index is 12.1. The molecule has 0 heterocycles. The number of carbonyl (C=O) groups is 2. The molecule has 0 aromatic heterocycles.